The van der Waals surface area contributed by atoms with E-state index >= 15 is 0 Å². The van der Waals surface area contributed by atoms with Crippen LogP contribution < -0.4 is 10.3 Å². The van der Waals surface area contributed by atoms with E-state index in [1.54, 1.807) is 34.9 Å². The van der Waals surface area contributed by atoms with Crippen LogP contribution in [0.15, 0.2) is 47.3 Å². The summed E-state index contributed by atoms with van der Waals surface area (Å²) in [5.41, 5.74) is 2.22. The van der Waals surface area contributed by atoms with Gasteiger partial charge < -0.3 is 4.74 Å². The molecule has 4 rings (SSSR count). The Hall–Kier alpha value is -2.73. The molecule has 0 saturated heterocycles. The monoisotopic (exact) mass is 374 g/mol. The van der Waals surface area contributed by atoms with Crippen LogP contribution in [0.3, 0.4) is 0 Å². The first kappa shape index (κ1) is 16.7. The van der Waals surface area contributed by atoms with E-state index in [2.05, 4.69) is 9.72 Å². The Labute approximate surface area is 152 Å². The van der Waals surface area contributed by atoms with Crippen molar-refractivity contribution in [1.82, 2.24) is 9.55 Å². The Balaban J connectivity index is 1.73. The maximum Gasteiger partial charge on any atom is 0.387 e. The van der Waals surface area contributed by atoms with Crippen molar-refractivity contribution in [2.45, 2.75) is 19.6 Å². The van der Waals surface area contributed by atoms with Gasteiger partial charge in [0.15, 0.2) is 0 Å². The number of benzene rings is 2. The molecule has 2 heterocycles. The van der Waals surface area contributed by atoms with Crippen molar-refractivity contribution in [3.8, 4) is 5.75 Å². The van der Waals surface area contributed by atoms with Gasteiger partial charge in [-0.15, -0.1) is 0 Å². The van der Waals surface area contributed by atoms with Gasteiger partial charge in [0, 0.05) is 11.6 Å². The molecule has 0 bridgehead atoms. The van der Waals surface area contributed by atoms with Gasteiger partial charge in [0.05, 0.1) is 10.9 Å². The summed E-state index contributed by atoms with van der Waals surface area (Å²) in [6.45, 7) is -2.30. The zero-order valence-corrected chi connectivity index (χ0v) is 14.2. The van der Waals surface area contributed by atoms with Gasteiger partial charge in [-0.2, -0.15) is 8.78 Å². The van der Waals surface area contributed by atoms with Crippen molar-refractivity contribution < 1.29 is 13.5 Å². The maximum absolute atomic E-state index is 12.7. The maximum atomic E-state index is 12.7. The largest absolute Gasteiger partial charge is 0.435 e. The average molecular weight is 375 g/mol. The third kappa shape index (κ3) is 3.08. The molecule has 7 heteroatoms. The summed E-state index contributed by atoms with van der Waals surface area (Å²) in [5, 5.41) is 0.993. The van der Waals surface area contributed by atoms with E-state index in [-0.39, 0.29) is 11.3 Å². The topological polar surface area (TPSA) is 44.1 Å². The van der Waals surface area contributed by atoms with Crippen LogP contribution in [-0.4, -0.2) is 16.2 Å². The normalized spacial score (nSPS) is 15.0. The fourth-order valence-electron chi connectivity index (χ4n) is 3.07. The second-order valence-corrected chi connectivity index (χ2v) is 6.36. The zero-order valence-electron chi connectivity index (χ0n) is 13.5. The average Bonchev–Trinajstić information content (AvgIpc) is 3.00. The smallest absolute Gasteiger partial charge is 0.387 e. The van der Waals surface area contributed by atoms with E-state index in [1.807, 2.05) is 6.08 Å². The summed E-state index contributed by atoms with van der Waals surface area (Å²) < 4.78 is 30.4. The van der Waals surface area contributed by atoms with Crippen LogP contribution in [-0.2, 0) is 6.54 Å². The first-order valence-electron chi connectivity index (χ1n) is 7.97. The molecular formula is C19H13ClF2N2O2. The van der Waals surface area contributed by atoms with Gasteiger partial charge in [-0.05, 0) is 54.0 Å². The molecule has 0 aliphatic carbocycles. The minimum absolute atomic E-state index is 0.103. The zero-order chi connectivity index (χ0) is 18.3. The number of nitrogens with zero attached hydrogens (tertiary/aromatic N) is 2. The van der Waals surface area contributed by atoms with Crippen LogP contribution >= 0.6 is 11.6 Å². The lowest BCUT2D eigenvalue weighted by Gasteiger charge is -2.06. The second-order valence-electron chi connectivity index (χ2n) is 5.92. The predicted octanol–water partition coefficient (Wildman–Crippen LogP) is 4.60. The highest BCUT2D eigenvalue weighted by atomic mass is 35.5. The minimum atomic E-state index is -2.85. The van der Waals surface area contributed by atoms with E-state index < -0.39 is 6.61 Å². The lowest BCUT2D eigenvalue weighted by Crippen LogP contribution is -2.20. The molecular weight excluding hydrogens is 362 g/mol. The Kier molecular flexibility index (Phi) is 4.20. The second kappa shape index (κ2) is 6.53. The Morgan fingerprint density at radius 2 is 1.96 bits per heavy atom. The molecule has 0 amide bonds. The van der Waals surface area contributed by atoms with E-state index in [0.29, 0.717) is 34.7 Å². The Bertz CT molecular complexity index is 1080. The molecule has 0 saturated carbocycles. The van der Waals surface area contributed by atoms with Crippen LogP contribution in [0.1, 0.15) is 17.8 Å². The number of allylic oxidation sites excluding steroid dienone is 1. The Morgan fingerprint density at radius 1 is 1.19 bits per heavy atom. The molecule has 0 fully saturated rings. The standard InChI is InChI=1S/C19H13ClF2N2O2/c20-13-3-6-16-15(10-13)18(25)24-8-7-12(17(24)23-16)9-11-1-4-14(5-2-11)26-19(21)22/h1-6,9-10,19H,7-8H2. The van der Waals surface area contributed by atoms with Gasteiger partial charge in [-0.1, -0.05) is 23.7 Å². The van der Waals surface area contributed by atoms with Crippen LogP contribution in [0, 0.1) is 0 Å². The quantitative estimate of drug-likeness (QED) is 0.673. The molecule has 1 aromatic heterocycles. The Morgan fingerprint density at radius 3 is 2.69 bits per heavy atom. The van der Waals surface area contributed by atoms with E-state index in [4.69, 9.17) is 11.6 Å². The summed E-state index contributed by atoms with van der Waals surface area (Å²) in [4.78, 5) is 17.3. The molecule has 2 aromatic carbocycles. The van der Waals surface area contributed by atoms with Gasteiger partial charge in [0.1, 0.15) is 11.6 Å². The fraction of sp³-hybridized carbons (Fsp3) is 0.158. The fourth-order valence-corrected chi connectivity index (χ4v) is 3.25. The third-order valence-electron chi connectivity index (χ3n) is 4.25. The number of hydrogen-bond donors (Lipinski definition) is 0. The van der Waals surface area contributed by atoms with Crippen molar-refractivity contribution in [1.29, 1.82) is 0 Å². The lowest BCUT2D eigenvalue weighted by atomic mass is 10.1. The van der Waals surface area contributed by atoms with Crippen molar-refractivity contribution in [3.63, 3.8) is 0 Å². The van der Waals surface area contributed by atoms with Crippen LogP contribution in [0.25, 0.3) is 22.6 Å². The summed E-state index contributed by atoms with van der Waals surface area (Å²) in [6, 6.07) is 11.4. The molecule has 0 unspecified atom stereocenters. The molecule has 1 aliphatic rings. The molecule has 4 nitrogen and oxygen atoms in total. The molecule has 0 N–H and O–H groups in total. The summed E-state index contributed by atoms with van der Waals surface area (Å²) in [5.74, 6) is 0.726. The molecule has 0 atom stereocenters. The van der Waals surface area contributed by atoms with Crippen LogP contribution in [0.4, 0.5) is 8.78 Å². The number of aromatic nitrogens is 2. The molecule has 0 spiro atoms. The first-order chi connectivity index (χ1) is 12.5. The SMILES string of the molecule is O=c1c2cc(Cl)ccc2nc2n1CCC2=Cc1ccc(OC(F)F)cc1. The van der Waals surface area contributed by atoms with Crippen LogP contribution in [0.2, 0.25) is 5.02 Å². The number of alkyl halides is 2. The van der Waals surface area contributed by atoms with Crippen molar-refractivity contribution in [2.75, 3.05) is 0 Å². The molecule has 1 aliphatic heterocycles. The van der Waals surface area contributed by atoms with Gasteiger partial charge in [0.2, 0.25) is 0 Å². The number of hydrogen-bond acceptors (Lipinski definition) is 3. The van der Waals surface area contributed by atoms with Crippen molar-refractivity contribution in [2.24, 2.45) is 0 Å². The highest BCUT2D eigenvalue weighted by Crippen LogP contribution is 2.28. The number of fused-ring (bicyclic) bond motifs is 2. The third-order valence-corrected chi connectivity index (χ3v) is 4.49. The molecule has 0 radical (unpaired) electrons. The van der Waals surface area contributed by atoms with Gasteiger partial charge in [0.25, 0.3) is 5.56 Å². The van der Waals surface area contributed by atoms with Gasteiger partial charge >= 0.3 is 6.61 Å². The van der Waals surface area contributed by atoms with Crippen LogP contribution in [0.5, 0.6) is 5.75 Å². The predicted molar refractivity (Wildman–Crippen MR) is 96.6 cm³/mol. The van der Waals surface area contributed by atoms with E-state index in [1.165, 1.54) is 12.1 Å². The number of halogens is 3. The van der Waals surface area contributed by atoms with Crippen molar-refractivity contribution in [3.05, 3.63) is 69.2 Å². The first-order valence-corrected chi connectivity index (χ1v) is 8.35. The highest BCUT2D eigenvalue weighted by Gasteiger charge is 2.21. The summed E-state index contributed by atoms with van der Waals surface area (Å²) in [7, 11) is 0. The van der Waals surface area contributed by atoms with Gasteiger partial charge in [-0.3, -0.25) is 9.36 Å². The van der Waals surface area contributed by atoms with Crippen molar-refractivity contribution >= 4 is 34.2 Å². The lowest BCUT2D eigenvalue weighted by molar-refractivity contribution is -0.0498. The molecule has 26 heavy (non-hydrogen) atoms. The number of ether oxygens (including phenoxy) is 1. The summed E-state index contributed by atoms with van der Waals surface area (Å²) >= 11 is 5.98. The number of rotatable bonds is 3. The van der Waals surface area contributed by atoms with Gasteiger partial charge in [-0.25, -0.2) is 4.98 Å². The minimum Gasteiger partial charge on any atom is -0.435 e. The van der Waals surface area contributed by atoms with E-state index in [0.717, 1.165) is 11.1 Å². The van der Waals surface area contributed by atoms with E-state index in [9.17, 15) is 13.6 Å². The molecule has 3 aromatic rings. The highest BCUT2D eigenvalue weighted by molar-refractivity contribution is 6.31. The molecule has 132 valence electrons. The summed E-state index contributed by atoms with van der Waals surface area (Å²) in [6.07, 6.45) is 2.57.